The number of ether oxygens (including phenoxy) is 1. The van der Waals surface area contributed by atoms with Crippen LogP contribution in [0, 0.1) is 46.3 Å². The standard InChI is InChI=1S/C24H40O.C7H12O2/c1-5-8-16(2)22-21(25)15-20-18-11-10-17-9-6-7-13-23(17,3)19(18)12-14-24(20,22)4;1-5-6(8)9-7(2,3)4/h16-20,22H,5-15H2,1-4H3;5H,1H2,2-4H3/t16-,17?,18-,19+,20+,22+,23+,24+;/m1./s1. The molecule has 0 bridgehead atoms. The second-order valence-electron chi connectivity index (χ2n) is 13.6. The van der Waals surface area contributed by atoms with Crippen molar-refractivity contribution >= 4 is 11.8 Å². The van der Waals surface area contributed by atoms with Crippen LogP contribution in [-0.2, 0) is 14.3 Å². The lowest BCUT2D eigenvalue weighted by molar-refractivity contribution is -0.148. The summed E-state index contributed by atoms with van der Waals surface area (Å²) in [6.07, 6.45) is 16.0. The molecular formula is C31H52O3. The molecule has 194 valence electrons. The molecule has 3 nitrogen and oxygen atoms in total. The molecule has 0 amide bonds. The Labute approximate surface area is 209 Å². The summed E-state index contributed by atoms with van der Waals surface area (Å²) in [6, 6.07) is 0. The van der Waals surface area contributed by atoms with Gasteiger partial charge in [0.1, 0.15) is 11.4 Å². The minimum absolute atomic E-state index is 0.310. The summed E-state index contributed by atoms with van der Waals surface area (Å²) in [4.78, 5) is 23.6. The molecule has 34 heavy (non-hydrogen) atoms. The molecule has 4 rings (SSSR count). The molecule has 0 heterocycles. The molecule has 4 saturated carbocycles. The van der Waals surface area contributed by atoms with Gasteiger partial charge in [0, 0.05) is 18.4 Å². The van der Waals surface area contributed by atoms with Crippen molar-refractivity contribution in [3.63, 3.8) is 0 Å². The number of esters is 1. The summed E-state index contributed by atoms with van der Waals surface area (Å²) in [6.45, 7) is 18.5. The highest BCUT2D eigenvalue weighted by atomic mass is 16.6. The van der Waals surface area contributed by atoms with E-state index in [1.54, 1.807) is 0 Å². The topological polar surface area (TPSA) is 43.4 Å². The number of hydrogen-bond donors (Lipinski definition) is 0. The number of rotatable bonds is 4. The van der Waals surface area contributed by atoms with E-state index in [0.29, 0.717) is 34.4 Å². The zero-order chi connectivity index (χ0) is 25.3. The highest BCUT2D eigenvalue weighted by molar-refractivity contribution is 5.85. The van der Waals surface area contributed by atoms with Gasteiger partial charge in [-0.15, -0.1) is 0 Å². The Morgan fingerprint density at radius 3 is 2.38 bits per heavy atom. The summed E-state index contributed by atoms with van der Waals surface area (Å²) in [5.74, 6) is 4.65. The molecule has 4 fully saturated rings. The average Bonchev–Trinajstić information content (AvgIpc) is 3.02. The van der Waals surface area contributed by atoms with Crippen molar-refractivity contribution in [1.82, 2.24) is 0 Å². The van der Waals surface area contributed by atoms with Crippen molar-refractivity contribution < 1.29 is 14.3 Å². The van der Waals surface area contributed by atoms with E-state index in [9.17, 15) is 9.59 Å². The Morgan fingerprint density at radius 2 is 1.79 bits per heavy atom. The van der Waals surface area contributed by atoms with Gasteiger partial charge in [0.05, 0.1) is 0 Å². The minimum atomic E-state index is -0.398. The van der Waals surface area contributed by atoms with Crippen molar-refractivity contribution in [2.75, 3.05) is 0 Å². The fourth-order valence-electron chi connectivity index (χ4n) is 9.06. The lowest BCUT2D eigenvalue weighted by Gasteiger charge is -2.60. The van der Waals surface area contributed by atoms with Crippen molar-refractivity contribution in [3.05, 3.63) is 12.7 Å². The Bertz CT molecular complexity index is 748. The van der Waals surface area contributed by atoms with E-state index in [0.717, 1.165) is 30.3 Å². The first kappa shape index (κ1) is 27.5. The highest BCUT2D eigenvalue weighted by Crippen LogP contribution is 2.67. The molecule has 8 atom stereocenters. The minimum Gasteiger partial charge on any atom is -0.457 e. The molecule has 4 aliphatic carbocycles. The van der Waals surface area contributed by atoms with E-state index in [1.165, 1.54) is 64.2 Å². The SMILES string of the molecule is C=CC(=O)OC(C)(C)C.CCC[C@@H](C)[C@H]1C(=O)C[C@H]2[C@@H]3CCC4CCCC[C@]4(C)[C@H]3CC[C@]12C. The van der Waals surface area contributed by atoms with Crippen LogP contribution in [0.25, 0.3) is 0 Å². The van der Waals surface area contributed by atoms with Gasteiger partial charge < -0.3 is 4.74 Å². The van der Waals surface area contributed by atoms with Crippen molar-refractivity contribution in [1.29, 1.82) is 0 Å². The molecule has 0 radical (unpaired) electrons. The van der Waals surface area contributed by atoms with Crippen LogP contribution in [0.1, 0.15) is 119 Å². The van der Waals surface area contributed by atoms with Crippen molar-refractivity contribution in [3.8, 4) is 0 Å². The van der Waals surface area contributed by atoms with Gasteiger partial charge in [-0.1, -0.05) is 60.0 Å². The van der Waals surface area contributed by atoms with Gasteiger partial charge in [0.15, 0.2) is 0 Å². The van der Waals surface area contributed by atoms with Crippen molar-refractivity contribution in [2.45, 2.75) is 125 Å². The monoisotopic (exact) mass is 472 g/mol. The summed E-state index contributed by atoms with van der Waals surface area (Å²) in [5, 5.41) is 0. The van der Waals surface area contributed by atoms with E-state index in [4.69, 9.17) is 4.74 Å². The van der Waals surface area contributed by atoms with Crippen LogP contribution in [0.2, 0.25) is 0 Å². The fraction of sp³-hybridized carbons (Fsp3) is 0.871. The molecule has 4 aliphatic rings. The number of hydrogen-bond acceptors (Lipinski definition) is 3. The van der Waals surface area contributed by atoms with Crippen LogP contribution >= 0.6 is 0 Å². The Hall–Kier alpha value is -1.12. The van der Waals surface area contributed by atoms with Crippen LogP contribution < -0.4 is 0 Å². The maximum Gasteiger partial charge on any atom is 0.330 e. The molecule has 3 heteroatoms. The first-order chi connectivity index (χ1) is 15.9. The predicted molar refractivity (Wildman–Crippen MR) is 140 cm³/mol. The van der Waals surface area contributed by atoms with Crippen LogP contribution in [0.3, 0.4) is 0 Å². The summed E-state index contributed by atoms with van der Waals surface area (Å²) < 4.78 is 4.83. The fourth-order valence-corrected chi connectivity index (χ4v) is 9.06. The van der Waals surface area contributed by atoms with E-state index in [-0.39, 0.29) is 5.97 Å². The van der Waals surface area contributed by atoms with E-state index in [1.807, 2.05) is 20.8 Å². The summed E-state index contributed by atoms with van der Waals surface area (Å²) in [5.41, 5.74) is 0.509. The first-order valence-electron chi connectivity index (χ1n) is 14.3. The quantitative estimate of drug-likeness (QED) is 0.306. The lowest BCUT2D eigenvalue weighted by Crippen LogP contribution is -2.53. The number of fused-ring (bicyclic) bond motifs is 5. The number of carbonyl (C=O) groups is 2. The molecule has 0 spiro atoms. The summed E-state index contributed by atoms with van der Waals surface area (Å²) in [7, 11) is 0. The zero-order valence-electron chi connectivity index (χ0n) is 23.3. The number of carbonyl (C=O) groups excluding carboxylic acids is 2. The Kier molecular flexibility index (Phi) is 8.46. The van der Waals surface area contributed by atoms with Gasteiger partial charge in [0.25, 0.3) is 0 Å². The van der Waals surface area contributed by atoms with E-state index in [2.05, 4.69) is 34.3 Å². The van der Waals surface area contributed by atoms with Gasteiger partial charge in [-0.2, -0.15) is 0 Å². The molecule has 0 aromatic carbocycles. The maximum absolute atomic E-state index is 13.1. The van der Waals surface area contributed by atoms with Crippen LogP contribution in [-0.4, -0.2) is 17.4 Å². The molecular weight excluding hydrogens is 420 g/mol. The normalized spacial score (nSPS) is 40.1. The predicted octanol–water partition coefficient (Wildman–Crippen LogP) is 8.16. The third-order valence-electron chi connectivity index (χ3n) is 10.4. The molecule has 0 N–H and O–H groups in total. The third kappa shape index (κ3) is 5.34. The zero-order valence-corrected chi connectivity index (χ0v) is 23.3. The van der Waals surface area contributed by atoms with Crippen LogP contribution in [0.4, 0.5) is 0 Å². The number of ketones is 1. The average molecular weight is 473 g/mol. The van der Waals surface area contributed by atoms with E-state index < -0.39 is 5.60 Å². The second-order valence-corrected chi connectivity index (χ2v) is 13.6. The largest absolute Gasteiger partial charge is 0.457 e. The Balaban J connectivity index is 0.000000309. The second kappa shape index (κ2) is 10.5. The van der Waals surface area contributed by atoms with Gasteiger partial charge in [-0.3, -0.25) is 4.79 Å². The van der Waals surface area contributed by atoms with Gasteiger partial charge in [-0.05, 0) is 99.7 Å². The smallest absolute Gasteiger partial charge is 0.330 e. The lowest BCUT2D eigenvalue weighted by atomic mass is 9.44. The van der Waals surface area contributed by atoms with Gasteiger partial charge in [-0.25, -0.2) is 4.79 Å². The Morgan fingerprint density at radius 1 is 1.09 bits per heavy atom. The molecule has 1 unspecified atom stereocenters. The molecule has 0 aromatic heterocycles. The highest BCUT2D eigenvalue weighted by Gasteiger charge is 2.62. The van der Waals surface area contributed by atoms with Crippen LogP contribution in [0.15, 0.2) is 12.7 Å². The van der Waals surface area contributed by atoms with Crippen molar-refractivity contribution in [2.24, 2.45) is 46.3 Å². The van der Waals surface area contributed by atoms with Gasteiger partial charge >= 0.3 is 5.97 Å². The number of Topliss-reactive ketones (excluding diaryl/α,β-unsaturated/α-hetero) is 1. The first-order valence-corrected chi connectivity index (χ1v) is 14.3. The van der Waals surface area contributed by atoms with E-state index >= 15 is 0 Å². The maximum atomic E-state index is 13.1. The summed E-state index contributed by atoms with van der Waals surface area (Å²) >= 11 is 0. The van der Waals surface area contributed by atoms with Crippen LogP contribution in [0.5, 0.6) is 0 Å². The third-order valence-corrected chi connectivity index (χ3v) is 10.4. The molecule has 0 aromatic rings. The molecule has 0 aliphatic heterocycles. The van der Waals surface area contributed by atoms with Gasteiger partial charge in [0.2, 0.25) is 0 Å². The molecule has 0 saturated heterocycles.